The van der Waals surface area contributed by atoms with Gasteiger partial charge >= 0.3 is 0 Å². The number of hydroxylamine groups is 2. The number of hydrogen-bond acceptors (Lipinski definition) is 3. The van der Waals surface area contributed by atoms with E-state index in [1.807, 2.05) is 49.2 Å². The first-order chi connectivity index (χ1) is 7.84. The Morgan fingerprint density at radius 2 is 1.50 bits per heavy atom. The SMILES string of the molecule is CC.CN1CCN(Oc2ccccc2)CC1. The maximum Gasteiger partial charge on any atom is 0.147 e. The third-order valence-electron chi connectivity index (χ3n) is 2.44. The molecule has 0 atom stereocenters. The summed E-state index contributed by atoms with van der Waals surface area (Å²) in [6.07, 6.45) is 0. The van der Waals surface area contributed by atoms with Crippen molar-refractivity contribution in [2.24, 2.45) is 0 Å². The van der Waals surface area contributed by atoms with Gasteiger partial charge in [-0.1, -0.05) is 32.0 Å². The lowest BCUT2D eigenvalue weighted by atomic mass is 10.3. The smallest absolute Gasteiger partial charge is 0.147 e. The zero-order chi connectivity index (χ0) is 11.8. The lowest BCUT2D eigenvalue weighted by molar-refractivity contribution is -0.0849. The first-order valence-electron chi connectivity index (χ1n) is 6.01. The third-order valence-corrected chi connectivity index (χ3v) is 2.44. The second kappa shape index (κ2) is 7.25. The van der Waals surface area contributed by atoms with Gasteiger partial charge in [-0.25, -0.2) is 0 Å². The number of hydrogen-bond donors (Lipinski definition) is 0. The summed E-state index contributed by atoms with van der Waals surface area (Å²) in [5, 5.41) is 2.02. The lowest BCUT2D eigenvalue weighted by Crippen LogP contribution is -2.45. The lowest BCUT2D eigenvalue weighted by Gasteiger charge is -2.31. The van der Waals surface area contributed by atoms with Crippen molar-refractivity contribution in [1.82, 2.24) is 9.96 Å². The van der Waals surface area contributed by atoms with Gasteiger partial charge in [0.15, 0.2) is 0 Å². The van der Waals surface area contributed by atoms with Crippen molar-refractivity contribution in [1.29, 1.82) is 0 Å². The Morgan fingerprint density at radius 3 is 2.06 bits per heavy atom. The molecule has 3 nitrogen and oxygen atoms in total. The number of rotatable bonds is 2. The summed E-state index contributed by atoms with van der Waals surface area (Å²) < 4.78 is 0. The van der Waals surface area contributed by atoms with Crippen LogP contribution < -0.4 is 4.84 Å². The summed E-state index contributed by atoms with van der Waals surface area (Å²) >= 11 is 0. The number of nitrogens with zero attached hydrogens (tertiary/aromatic N) is 2. The molecular formula is C13H22N2O. The van der Waals surface area contributed by atoms with Gasteiger partial charge in [0.05, 0.1) is 0 Å². The van der Waals surface area contributed by atoms with Gasteiger partial charge in [0.25, 0.3) is 0 Å². The molecule has 2 rings (SSSR count). The Balaban J connectivity index is 0.000000606. The Morgan fingerprint density at radius 1 is 0.938 bits per heavy atom. The van der Waals surface area contributed by atoms with Crippen molar-refractivity contribution in [3.05, 3.63) is 30.3 Å². The molecule has 0 unspecified atom stereocenters. The Kier molecular flexibility index (Phi) is 5.90. The molecule has 1 heterocycles. The van der Waals surface area contributed by atoms with Gasteiger partial charge in [-0.3, -0.25) is 0 Å². The highest BCUT2D eigenvalue weighted by molar-refractivity contribution is 5.20. The molecular weight excluding hydrogens is 200 g/mol. The summed E-state index contributed by atoms with van der Waals surface area (Å²) in [6, 6.07) is 9.95. The molecule has 0 N–H and O–H groups in total. The largest absolute Gasteiger partial charge is 0.406 e. The van der Waals surface area contributed by atoms with Crippen LogP contribution in [0.25, 0.3) is 0 Å². The van der Waals surface area contributed by atoms with E-state index in [0.717, 1.165) is 31.9 Å². The van der Waals surface area contributed by atoms with Crippen LogP contribution in [0.1, 0.15) is 13.8 Å². The van der Waals surface area contributed by atoms with Crippen molar-refractivity contribution in [2.45, 2.75) is 13.8 Å². The predicted molar refractivity (Wildman–Crippen MR) is 67.5 cm³/mol. The van der Waals surface area contributed by atoms with Crippen molar-refractivity contribution >= 4 is 0 Å². The third kappa shape index (κ3) is 4.21. The second-order valence-corrected chi connectivity index (χ2v) is 3.64. The van der Waals surface area contributed by atoms with Crippen LogP contribution in [-0.4, -0.2) is 43.2 Å². The van der Waals surface area contributed by atoms with Crippen molar-refractivity contribution < 1.29 is 4.84 Å². The monoisotopic (exact) mass is 222 g/mol. The van der Waals surface area contributed by atoms with E-state index < -0.39 is 0 Å². The maximum atomic E-state index is 5.71. The Bertz CT molecular complexity index is 269. The number of likely N-dealkylation sites (N-methyl/N-ethyl adjacent to an activating group) is 1. The average Bonchev–Trinajstić information content (AvgIpc) is 2.36. The molecule has 1 saturated heterocycles. The van der Waals surface area contributed by atoms with E-state index in [0.29, 0.717) is 0 Å². The van der Waals surface area contributed by atoms with E-state index in [9.17, 15) is 0 Å². The average molecular weight is 222 g/mol. The molecule has 3 heteroatoms. The fourth-order valence-electron chi connectivity index (χ4n) is 1.51. The highest BCUT2D eigenvalue weighted by Gasteiger charge is 2.14. The zero-order valence-corrected chi connectivity index (χ0v) is 10.5. The maximum absolute atomic E-state index is 5.71. The van der Waals surface area contributed by atoms with Gasteiger partial charge in [-0.2, -0.15) is 0 Å². The molecule has 0 bridgehead atoms. The van der Waals surface area contributed by atoms with E-state index in [-0.39, 0.29) is 0 Å². The summed E-state index contributed by atoms with van der Waals surface area (Å²) in [7, 11) is 2.14. The summed E-state index contributed by atoms with van der Waals surface area (Å²) in [5.41, 5.74) is 0. The topological polar surface area (TPSA) is 15.7 Å². The van der Waals surface area contributed by atoms with Crippen molar-refractivity contribution in [3.8, 4) is 5.75 Å². The highest BCUT2D eigenvalue weighted by atomic mass is 16.7. The Labute approximate surface area is 98.6 Å². The Hall–Kier alpha value is -1.06. The fourth-order valence-corrected chi connectivity index (χ4v) is 1.51. The van der Waals surface area contributed by atoms with E-state index in [2.05, 4.69) is 11.9 Å². The molecule has 0 saturated carbocycles. The van der Waals surface area contributed by atoms with Crippen LogP contribution in [-0.2, 0) is 0 Å². The van der Waals surface area contributed by atoms with E-state index >= 15 is 0 Å². The zero-order valence-electron chi connectivity index (χ0n) is 10.5. The number of benzene rings is 1. The molecule has 1 aromatic carbocycles. The highest BCUT2D eigenvalue weighted by Crippen LogP contribution is 2.11. The van der Waals surface area contributed by atoms with Crippen LogP contribution in [0.15, 0.2) is 30.3 Å². The number of piperazine rings is 1. The molecule has 1 fully saturated rings. The summed E-state index contributed by atoms with van der Waals surface area (Å²) in [5.74, 6) is 0.928. The van der Waals surface area contributed by atoms with E-state index in [1.165, 1.54) is 0 Å². The van der Waals surface area contributed by atoms with Gasteiger partial charge in [0.1, 0.15) is 5.75 Å². The summed E-state index contributed by atoms with van der Waals surface area (Å²) in [6.45, 7) is 8.11. The molecule has 0 aromatic heterocycles. The van der Waals surface area contributed by atoms with Crippen LogP contribution in [0.4, 0.5) is 0 Å². The van der Waals surface area contributed by atoms with Crippen LogP contribution in [0, 0.1) is 0 Å². The van der Waals surface area contributed by atoms with Gasteiger partial charge in [-0.15, -0.1) is 5.06 Å². The minimum absolute atomic E-state index is 0.928. The second-order valence-electron chi connectivity index (χ2n) is 3.64. The molecule has 0 aliphatic carbocycles. The van der Waals surface area contributed by atoms with E-state index in [1.54, 1.807) is 0 Å². The van der Waals surface area contributed by atoms with Crippen molar-refractivity contribution in [2.75, 3.05) is 33.2 Å². The first-order valence-corrected chi connectivity index (χ1v) is 6.01. The fraction of sp³-hybridized carbons (Fsp3) is 0.538. The predicted octanol–water partition coefficient (Wildman–Crippen LogP) is 2.25. The van der Waals surface area contributed by atoms with Gasteiger partial charge in [0, 0.05) is 26.2 Å². The first kappa shape index (κ1) is 13.0. The van der Waals surface area contributed by atoms with Crippen molar-refractivity contribution in [3.63, 3.8) is 0 Å². The normalized spacial score (nSPS) is 17.4. The molecule has 0 spiro atoms. The molecule has 1 aliphatic rings. The van der Waals surface area contributed by atoms with Gasteiger partial charge in [0.2, 0.25) is 0 Å². The molecule has 16 heavy (non-hydrogen) atoms. The minimum Gasteiger partial charge on any atom is -0.406 e. The van der Waals surface area contributed by atoms with Gasteiger partial charge in [-0.05, 0) is 19.2 Å². The van der Waals surface area contributed by atoms with Gasteiger partial charge < -0.3 is 9.74 Å². The quantitative estimate of drug-likeness (QED) is 0.763. The molecule has 0 radical (unpaired) electrons. The van der Waals surface area contributed by atoms with E-state index in [4.69, 9.17) is 4.84 Å². The molecule has 1 aromatic rings. The molecule has 0 amide bonds. The van der Waals surface area contributed by atoms with Crippen LogP contribution in [0.5, 0.6) is 5.75 Å². The summed E-state index contributed by atoms with van der Waals surface area (Å²) in [4.78, 5) is 8.02. The standard InChI is InChI=1S/C11H16N2O.C2H6/c1-12-7-9-13(10-8-12)14-11-5-3-2-4-6-11;1-2/h2-6H,7-10H2,1H3;1-2H3. The van der Waals surface area contributed by atoms with Crippen LogP contribution in [0.2, 0.25) is 0 Å². The number of para-hydroxylation sites is 1. The molecule has 1 aliphatic heterocycles. The molecule has 90 valence electrons. The van der Waals surface area contributed by atoms with Crippen LogP contribution in [0.3, 0.4) is 0 Å². The minimum atomic E-state index is 0.928. The van der Waals surface area contributed by atoms with Crippen LogP contribution >= 0.6 is 0 Å².